The second kappa shape index (κ2) is 4.05. The monoisotopic (exact) mass is 138 g/mol. The van der Waals surface area contributed by atoms with Crippen molar-refractivity contribution in [1.29, 1.82) is 0 Å². The Balaban J connectivity index is 2.52. The van der Waals surface area contributed by atoms with Gasteiger partial charge in [0.25, 0.3) is 0 Å². The Kier molecular flexibility index (Phi) is 2.68. The van der Waals surface area contributed by atoms with Gasteiger partial charge in [-0.2, -0.15) is 0 Å². The van der Waals surface area contributed by atoms with Crippen LogP contribution in [0.5, 0.6) is 0 Å². The molecule has 0 saturated heterocycles. The van der Waals surface area contributed by atoms with Crippen molar-refractivity contribution < 1.29 is 0 Å². The summed E-state index contributed by atoms with van der Waals surface area (Å²) < 4.78 is 0. The van der Waals surface area contributed by atoms with Gasteiger partial charge in [0.05, 0.1) is 5.92 Å². The van der Waals surface area contributed by atoms with Crippen molar-refractivity contribution in [2.75, 3.05) is 0 Å². The van der Waals surface area contributed by atoms with Gasteiger partial charge in [-0.15, -0.1) is 6.42 Å². The van der Waals surface area contributed by atoms with E-state index in [2.05, 4.69) is 29.6 Å². The van der Waals surface area contributed by atoms with E-state index in [0.29, 0.717) is 0 Å². The van der Waals surface area contributed by atoms with E-state index < -0.39 is 0 Å². The number of hydrogen-bond acceptors (Lipinski definition) is 0. The minimum absolute atomic E-state index is 0.224. The largest absolute Gasteiger partial charge is 0.106 e. The normalized spacial score (nSPS) is 12.6. The van der Waals surface area contributed by atoms with Crippen LogP contribution in [0.3, 0.4) is 0 Å². The summed E-state index contributed by atoms with van der Waals surface area (Å²) in [6, 6.07) is 0. The first kappa shape index (κ1) is 7.27. The maximum absolute atomic E-state index is 4.90. The summed E-state index contributed by atoms with van der Waals surface area (Å²) in [5, 5.41) is 0. The summed E-state index contributed by atoms with van der Waals surface area (Å²) in [5.74, 6) is 13.0. The highest BCUT2D eigenvalue weighted by Crippen LogP contribution is 2.05. The fourth-order valence-electron chi connectivity index (χ4n) is 0.715. The molecule has 0 heterocycles. The molecule has 0 amide bonds. The third-order valence-electron chi connectivity index (χ3n) is 1.18. The van der Waals surface area contributed by atoms with Gasteiger partial charge >= 0.3 is 0 Å². The Labute approximate surface area is 67.0 Å². The molecule has 0 aromatic carbocycles. The van der Waals surface area contributed by atoms with E-state index in [0.717, 1.165) is 0 Å². The summed E-state index contributed by atoms with van der Waals surface area (Å²) in [4.78, 5) is 0. The van der Waals surface area contributed by atoms with Crippen LogP contribution in [-0.4, -0.2) is 0 Å². The first-order valence-electron chi connectivity index (χ1n) is 3.24. The van der Waals surface area contributed by atoms with Gasteiger partial charge in [0.1, 0.15) is 0 Å². The first-order chi connectivity index (χ1) is 5.43. The molecule has 0 aliphatic heterocycles. The van der Waals surface area contributed by atoms with Crippen LogP contribution in [-0.2, 0) is 0 Å². The molecule has 0 nitrogen and oxygen atoms in total. The molecule has 0 atom stereocenters. The molecule has 0 radical (unpaired) electrons. The lowest BCUT2D eigenvalue weighted by molar-refractivity contribution is 1.15. The summed E-state index contributed by atoms with van der Waals surface area (Å²) >= 11 is 0. The van der Waals surface area contributed by atoms with E-state index in [1.54, 1.807) is 0 Å². The Bertz CT molecular complexity index is 327. The minimum Gasteiger partial charge on any atom is -0.106 e. The Morgan fingerprint density at radius 2 is 1.73 bits per heavy atom. The van der Waals surface area contributed by atoms with E-state index in [1.165, 1.54) is 0 Å². The first-order valence-corrected chi connectivity index (χ1v) is 3.24. The number of terminal acetylenes is 1. The van der Waals surface area contributed by atoms with E-state index >= 15 is 0 Å². The Morgan fingerprint density at radius 1 is 1.00 bits per heavy atom. The predicted octanol–water partition coefficient (Wildman–Crippen LogP) is 1.37. The number of hydrogen-bond donors (Lipinski definition) is 0. The van der Waals surface area contributed by atoms with E-state index in [1.807, 2.05) is 24.3 Å². The predicted molar refractivity (Wildman–Crippen MR) is 46.2 cm³/mol. The van der Waals surface area contributed by atoms with Gasteiger partial charge in [0.15, 0.2) is 0 Å². The zero-order chi connectivity index (χ0) is 7.94. The second-order valence-corrected chi connectivity index (χ2v) is 1.96. The Hall–Kier alpha value is -1.84. The van der Waals surface area contributed by atoms with Crippen molar-refractivity contribution in [2.45, 2.75) is 0 Å². The van der Waals surface area contributed by atoms with Crippen LogP contribution in [0.1, 0.15) is 0 Å². The molecule has 1 aliphatic carbocycles. The molecule has 50 valence electrons. The molecule has 0 spiro atoms. The van der Waals surface area contributed by atoms with E-state index in [-0.39, 0.29) is 5.92 Å². The molecule has 0 aromatic rings. The van der Waals surface area contributed by atoms with Crippen LogP contribution in [0.15, 0.2) is 24.3 Å². The summed E-state index contributed by atoms with van der Waals surface area (Å²) in [5.41, 5.74) is 0. The van der Waals surface area contributed by atoms with Gasteiger partial charge in [-0.3, -0.25) is 0 Å². The molecular formula is C11H6. The van der Waals surface area contributed by atoms with E-state index in [9.17, 15) is 0 Å². The molecule has 0 N–H and O–H groups in total. The minimum atomic E-state index is 0.224. The third-order valence-corrected chi connectivity index (χ3v) is 1.18. The lowest BCUT2D eigenvalue weighted by Crippen LogP contribution is -1.79. The molecule has 0 aromatic heterocycles. The summed E-state index contributed by atoms with van der Waals surface area (Å²) in [7, 11) is 0. The van der Waals surface area contributed by atoms with Crippen LogP contribution in [0.4, 0.5) is 0 Å². The van der Waals surface area contributed by atoms with Crippen molar-refractivity contribution in [3.8, 4) is 36.0 Å². The smallest absolute Gasteiger partial charge is 0.0579 e. The lowest BCUT2D eigenvalue weighted by Gasteiger charge is -1.85. The lowest BCUT2D eigenvalue weighted by atomic mass is 10.2. The van der Waals surface area contributed by atoms with Gasteiger partial charge in [0.2, 0.25) is 0 Å². The molecule has 0 bridgehead atoms. The molecule has 0 saturated carbocycles. The molecule has 0 fully saturated rings. The molecular weight excluding hydrogens is 132 g/mol. The number of rotatable bonds is 0. The zero-order valence-electron chi connectivity index (χ0n) is 5.96. The van der Waals surface area contributed by atoms with Crippen molar-refractivity contribution in [1.82, 2.24) is 0 Å². The zero-order valence-corrected chi connectivity index (χ0v) is 5.96. The van der Waals surface area contributed by atoms with Crippen molar-refractivity contribution >= 4 is 0 Å². The van der Waals surface area contributed by atoms with Gasteiger partial charge in [-0.05, 0) is 23.7 Å². The quantitative estimate of drug-likeness (QED) is 0.443. The highest BCUT2D eigenvalue weighted by Gasteiger charge is 1.95. The van der Waals surface area contributed by atoms with Crippen LogP contribution in [0.25, 0.3) is 0 Å². The van der Waals surface area contributed by atoms with Crippen molar-refractivity contribution in [2.24, 2.45) is 5.92 Å². The molecule has 1 rings (SSSR count). The van der Waals surface area contributed by atoms with Crippen LogP contribution >= 0.6 is 0 Å². The molecule has 1 aliphatic rings. The Morgan fingerprint density at radius 3 is 2.36 bits per heavy atom. The average Bonchev–Trinajstić information content (AvgIpc) is 2.50. The SMILES string of the molecule is C#CC#CC#CC1C=CC=C1. The van der Waals surface area contributed by atoms with Crippen molar-refractivity contribution in [3.63, 3.8) is 0 Å². The highest BCUT2D eigenvalue weighted by molar-refractivity contribution is 5.37. The average molecular weight is 138 g/mol. The summed E-state index contributed by atoms with van der Waals surface area (Å²) in [6.45, 7) is 0. The standard InChI is InChI=1S/C11H6/c1-2-3-4-5-8-11-9-6-7-10-11/h1,6-7,9-11H. The second-order valence-electron chi connectivity index (χ2n) is 1.96. The summed E-state index contributed by atoms with van der Waals surface area (Å²) in [6.07, 6.45) is 12.8. The van der Waals surface area contributed by atoms with Gasteiger partial charge in [-0.25, -0.2) is 0 Å². The molecule has 11 heavy (non-hydrogen) atoms. The van der Waals surface area contributed by atoms with E-state index in [4.69, 9.17) is 6.42 Å². The fourth-order valence-corrected chi connectivity index (χ4v) is 0.715. The van der Waals surface area contributed by atoms with Crippen LogP contribution in [0.2, 0.25) is 0 Å². The molecule has 0 heteroatoms. The third kappa shape index (κ3) is 2.49. The van der Waals surface area contributed by atoms with Crippen LogP contribution in [0, 0.1) is 41.9 Å². The maximum Gasteiger partial charge on any atom is 0.0579 e. The van der Waals surface area contributed by atoms with Gasteiger partial charge in [0, 0.05) is 0 Å². The molecule has 0 unspecified atom stereocenters. The van der Waals surface area contributed by atoms with Crippen molar-refractivity contribution in [3.05, 3.63) is 24.3 Å². The topological polar surface area (TPSA) is 0 Å². The van der Waals surface area contributed by atoms with Gasteiger partial charge < -0.3 is 0 Å². The van der Waals surface area contributed by atoms with Crippen LogP contribution < -0.4 is 0 Å². The highest BCUT2D eigenvalue weighted by atomic mass is 14.0. The van der Waals surface area contributed by atoms with Gasteiger partial charge in [-0.1, -0.05) is 30.2 Å². The fraction of sp³-hybridized carbons (Fsp3) is 0.0909. The maximum atomic E-state index is 4.90. The number of allylic oxidation sites excluding steroid dienone is 4.